The summed E-state index contributed by atoms with van der Waals surface area (Å²) >= 11 is 2.01. The minimum Gasteiger partial charge on any atom is -0.480 e. The molecule has 0 amide bonds. The summed E-state index contributed by atoms with van der Waals surface area (Å²) in [6.07, 6.45) is 3.75. The highest BCUT2D eigenvalue weighted by Crippen LogP contribution is 2.16. The van der Waals surface area contributed by atoms with Crippen LogP contribution in [0.15, 0.2) is 0 Å². The molecule has 0 aliphatic carbocycles. The summed E-state index contributed by atoms with van der Waals surface area (Å²) in [4.78, 5) is 13.0. The summed E-state index contributed by atoms with van der Waals surface area (Å²) in [6, 6.07) is 0. The Hall–Kier alpha value is -0.260. The van der Waals surface area contributed by atoms with Gasteiger partial charge in [-0.25, -0.2) is 0 Å². The summed E-state index contributed by atoms with van der Waals surface area (Å²) in [6.45, 7) is 6.67. The lowest BCUT2D eigenvalue weighted by molar-refractivity contribution is -0.136. The van der Waals surface area contributed by atoms with Crippen molar-refractivity contribution in [2.24, 2.45) is 5.92 Å². The van der Waals surface area contributed by atoms with Gasteiger partial charge in [-0.15, -0.1) is 0 Å². The summed E-state index contributed by atoms with van der Waals surface area (Å²) in [7, 11) is 0. The fraction of sp³-hybridized carbons (Fsp3) is 0.923. The Balaban J connectivity index is 2.09. The second kappa shape index (κ2) is 9.64. The molecule has 1 heterocycles. The van der Waals surface area contributed by atoms with E-state index in [1.54, 1.807) is 0 Å². The lowest BCUT2D eigenvalue weighted by Gasteiger charge is -2.32. The highest BCUT2D eigenvalue weighted by atomic mass is 32.2. The summed E-state index contributed by atoms with van der Waals surface area (Å²) in [5, 5.41) is 11.6. The summed E-state index contributed by atoms with van der Waals surface area (Å²) in [5.41, 5.74) is 0. The monoisotopic (exact) mass is 274 g/mol. The van der Waals surface area contributed by atoms with Crippen LogP contribution in [0.5, 0.6) is 0 Å². The maximum Gasteiger partial charge on any atom is 0.317 e. The zero-order valence-electron chi connectivity index (χ0n) is 11.4. The van der Waals surface area contributed by atoms with E-state index in [0.29, 0.717) is 5.92 Å². The van der Waals surface area contributed by atoms with E-state index in [4.69, 9.17) is 5.11 Å². The molecular weight excluding hydrogens is 248 g/mol. The number of hydrogen-bond acceptors (Lipinski definition) is 4. The quantitative estimate of drug-likeness (QED) is 0.624. The van der Waals surface area contributed by atoms with Gasteiger partial charge in [0.1, 0.15) is 0 Å². The van der Waals surface area contributed by atoms with Crippen LogP contribution in [0.3, 0.4) is 0 Å². The van der Waals surface area contributed by atoms with Crippen molar-refractivity contribution in [1.82, 2.24) is 10.2 Å². The molecule has 1 unspecified atom stereocenters. The van der Waals surface area contributed by atoms with Gasteiger partial charge >= 0.3 is 5.97 Å². The molecule has 18 heavy (non-hydrogen) atoms. The molecule has 4 nitrogen and oxygen atoms in total. The molecule has 106 valence electrons. The molecule has 0 aromatic heterocycles. The van der Waals surface area contributed by atoms with Crippen molar-refractivity contribution in [2.75, 3.05) is 44.2 Å². The van der Waals surface area contributed by atoms with E-state index in [2.05, 4.69) is 17.1 Å². The fourth-order valence-electron chi connectivity index (χ4n) is 2.44. The smallest absolute Gasteiger partial charge is 0.317 e. The van der Waals surface area contributed by atoms with Crippen LogP contribution in [-0.4, -0.2) is 60.2 Å². The molecule has 0 saturated carbocycles. The molecule has 1 rings (SSSR count). The van der Waals surface area contributed by atoms with E-state index in [0.717, 1.165) is 13.1 Å². The van der Waals surface area contributed by atoms with Gasteiger partial charge in [-0.2, -0.15) is 11.8 Å². The first-order valence-corrected chi connectivity index (χ1v) is 8.10. The van der Waals surface area contributed by atoms with Gasteiger partial charge in [0.05, 0.1) is 6.54 Å². The molecule has 0 spiro atoms. The molecule has 5 heteroatoms. The predicted octanol–water partition coefficient (Wildman–Crippen LogP) is 1.52. The number of rotatable bonds is 9. The number of carboxylic acids is 1. The molecule has 1 aliphatic rings. The van der Waals surface area contributed by atoms with E-state index < -0.39 is 5.97 Å². The van der Waals surface area contributed by atoms with Gasteiger partial charge < -0.3 is 15.3 Å². The van der Waals surface area contributed by atoms with Crippen LogP contribution in [-0.2, 0) is 4.79 Å². The zero-order valence-corrected chi connectivity index (χ0v) is 12.2. The van der Waals surface area contributed by atoms with E-state index in [-0.39, 0.29) is 6.54 Å². The Morgan fingerprint density at radius 2 is 2.39 bits per heavy atom. The van der Waals surface area contributed by atoms with Crippen molar-refractivity contribution < 1.29 is 9.90 Å². The first kappa shape index (κ1) is 15.8. The average Bonchev–Trinajstić information content (AvgIpc) is 2.35. The molecule has 1 saturated heterocycles. The van der Waals surface area contributed by atoms with Crippen LogP contribution in [0.25, 0.3) is 0 Å². The van der Waals surface area contributed by atoms with Crippen molar-refractivity contribution >= 4 is 17.7 Å². The van der Waals surface area contributed by atoms with Crippen LogP contribution >= 0.6 is 11.8 Å². The lowest BCUT2D eigenvalue weighted by atomic mass is 9.98. The normalized spacial score (nSPS) is 21.1. The van der Waals surface area contributed by atoms with E-state index in [1.807, 2.05) is 11.8 Å². The van der Waals surface area contributed by atoms with Crippen molar-refractivity contribution in [3.63, 3.8) is 0 Å². The van der Waals surface area contributed by atoms with Crippen LogP contribution in [0.1, 0.15) is 26.2 Å². The summed E-state index contributed by atoms with van der Waals surface area (Å²) in [5.74, 6) is 2.33. The minimum atomic E-state index is -0.765. The third-order valence-electron chi connectivity index (χ3n) is 3.28. The van der Waals surface area contributed by atoms with Crippen molar-refractivity contribution in [3.8, 4) is 0 Å². The maximum atomic E-state index is 10.4. The molecule has 1 atom stereocenters. The number of hydrogen-bond donors (Lipinski definition) is 2. The molecule has 1 aliphatic heterocycles. The van der Waals surface area contributed by atoms with Gasteiger partial charge in [0, 0.05) is 6.54 Å². The number of nitrogens with one attached hydrogen (secondary N) is 1. The van der Waals surface area contributed by atoms with Gasteiger partial charge in [0.25, 0.3) is 0 Å². The van der Waals surface area contributed by atoms with Crippen LogP contribution < -0.4 is 5.32 Å². The SMILES string of the molecule is CCSCCCN1CCCC(CNCC(=O)O)C1. The highest BCUT2D eigenvalue weighted by Gasteiger charge is 2.19. The summed E-state index contributed by atoms with van der Waals surface area (Å²) < 4.78 is 0. The Morgan fingerprint density at radius 1 is 1.56 bits per heavy atom. The Bertz CT molecular complexity index is 239. The molecule has 0 bridgehead atoms. The second-order valence-corrected chi connectivity index (χ2v) is 6.28. The second-order valence-electron chi connectivity index (χ2n) is 4.88. The molecular formula is C13H26N2O2S. The number of likely N-dealkylation sites (tertiary alicyclic amines) is 1. The van der Waals surface area contributed by atoms with E-state index in [9.17, 15) is 4.79 Å². The van der Waals surface area contributed by atoms with Gasteiger partial charge in [0.15, 0.2) is 0 Å². The van der Waals surface area contributed by atoms with Gasteiger partial charge in [0.2, 0.25) is 0 Å². The lowest BCUT2D eigenvalue weighted by Crippen LogP contribution is -2.41. The van der Waals surface area contributed by atoms with Crippen molar-refractivity contribution in [1.29, 1.82) is 0 Å². The van der Waals surface area contributed by atoms with E-state index >= 15 is 0 Å². The number of piperidine rings is 1. The van der Waals surface area contributed by atoms with Crippen LogP contribution in [0.2, 0.25) is 0 Å². The van der Waals surface area contributed by atoms with Gasteiger partial charge in [-0.1, -0.05) is 6.92 Å². The third-order valence-corrected chi connectivity index (χ3v) is 4.27. The molecule has 0 radical (unpaired) electrons. The topological polar surface area (TPSA) is 52.6 Å². The first-order chi connectivity index (χ1) is 8.72. The highest BCUT2D eigenvalue weighted by molar-refractivity contribution is 7.99. The van der Waals surface area contributed by atoms with Gasteiger partial charge in [-0.3, -0.25) is 4.79 Å². The number of aliphatic carboxylic acids is 1. The minimum absolute atomic E-state index is 0.0869. The van der Waals surface area contributed by atoms with Crippen molar-refractivity contribution in [3.05, 3.63) is 0 Å². The predicted molar refractivity (Wildman–Crippen MR) is 77.3 cm³/mol. The zero-order chi connectivity index (χ0) is 13.2. The van der Waals surface area contributed by atoms with E-state index in [1.165, 1.54) is 43.9 Å². The van der Waals surface area contributed by atoms with Crippen molar-refractivity contribution in [2.45, 2.75) is 26.2 Å². The largest absolute Gasteiger partial charge is 0.480 e. The number of thioether (sulfide) groups is 1. The number of carbonyl (C=O) groups is 1. The Morgan fingerprint density at radius 3 is 3.11 bits per heavy atom. The standard InChI is InChI=1S/C13H26N2O2S/c1-2-18-8-4-7-15-6-3-5-12(11-15)9-14-10-13(16)17/h12,14H,2-11H2,1H3,(H,16,17). The van der Waals surface area contributed by atoms with Crippen LogP contribution in [0, 0.1) is 5.92 Å². The Labute approximate surface area is 115 Å². The molecule has 2 N–H and O–H groups in total. The Kier molecular flexibility index (Phi) is 8.46. The van der Waals surface area contributed by atoms with Gasteiger partial charge in [-0.05, 0) is 56.3 Å². The molecule has 1 fully saturated rings. The van der Waals surface area contributed by atoms with Crippen LogP contribution in [0.4, 0.5) is 0 Å². The number of carboxylic acid groups (broad SMARTS) is 1. The number of nitrogens with zero attached hydrogens (tertiary/aromatic N) is 1. The fourth-order valence-corrected chi connectivity index (χ4v) is 3.06. The first-order valence-electron chi connectivity index (χ1n) is 6.95. The third kappa shape index (κ3) is 7.24. The molecule has 0 aromatic rings. The maximum absolute atomic E-state index is 10.4. The molecule has 0 aromatic carbocycles. The average molecular weight is 274 g/mol.